The molecule has 192 valence electrons. The fourth-order valence-corrected chi connectivity index (χ4v) is 5.79. The van der Waals surface area contributed by atoms with E-state index in [9.17, 15) is 5.11 Å². The van der Waals surface area contributed by atoms with Crippen molar-refractivity contribution in [2.75, 3.05) is 24.6 Å². The van der Waals surface area contributed by atoms with E-state index in [1.165, 1.54) is 0 Å². The molecule has 2 atom stereocenters. The summed E-state index contributed by atoms with van der Waals surface area (Å²) in [4.78, 5) is 15.6. The summed E-state index contributed by atoms with van der Waals surface area (Å²) in [7, 11) is 0. The number of hydrogen-bond acceptors (Lipinski definition) is 7. The number of imidazole rings is 1. The highest BCUT2D eigenvalue weighted by Gasteiger charge is 2.34. The van der Waals surface area contributed by atoms with Gasteiger partial charge in [-0.2, -0.15) is 9.97 Å². The third-order valence-corrected chi connectivity index (χ3v) is 7.56. The van der Waals surface area contributed by atoms with E-state index in [0.717, 1.165) is 36.7 Å². The number of anilines is 1. The average molecular weight is 511 g/mol. The molecule has 2 saturated heterocycles. The highest BCUT2D eigenvalue weighted by atomic mass is 19.1. The lowest BCUT2D eigenvalue weighted by molar-refractivity contribution is 0.276. The van der Waals surface area contributed by atoms with Crippen molar-refractivity contribution in [1.29, 1.82) is 0 Å². The lowest BCUT2D eigenvalue weighted by atomic mass is 9.96. The van der Waals surface area contributed by atoms with Crippen molar-refractivity contribution in [3.05, 3.63) is 73.1 Å². The van der Waals surface area contributed by atoms with Crippen LogP contribution < -0.4 is 15.0 Å². The van der Waals surface area contributed by atoms with E-state index >= 15 is 4.39 Å². The van der Waals surface area contributed by atoms with Crippen LogP contribution in [0.5, 0.6) is 11.8 Å². The molecule has 2 aliphatic rings. The molecule has 0 radical (unpaired) electrons. The summed E-state index contributed by atoms with van der Waals surface area (Å²) in [5, 5.41) is 16.4. The van der Waals surface area contributed by atoms with E-state index in [-0.39, 0.29) is 17.3 Å². The monoisotopic (exact) mass is 510 g/mol. The number of benzene rings is 3. The quantitative estimate of drug-likeness (QED) is 0.348. The number of fused-ring (bicyclic) bond motifs is 4. The van der Waals surface area contributed by atoms with Gasteiger partial charge < -0.3 is 24.6 Å². The van der Waals surface area contributed by atoms with E-state index in [1.807, 2.05) is 41.1 Å². The number of nitrogens with zero attached hydrogens (tertiary/aromatic N) is 5. The number of phenols is 1. The van der Waals surface area contributed by atoms with Crippen molar-refractivity contribution in [1.82, 2.24) is 24.8 Å². The van der Waals surface area contributed by atoms with Gasteiger partial charge >= 0.3 is 6.01 Å². The summed E-state index contributed by atoms with van der Waals surface area (Å²) in [5.74, 6) is 0.318. The summed E-state index contributed by atoms with van der Waals surface area (Å²) in [6.45, 7) is 2.51. The number of phenolic OH excluding ortho intramolecular Hbond substituents is 1. The number of halogens is 1. The standard InChI is InChI=1S/C29H27FN6O2/c30-26-23(25-14-21(37)13-18-3-1-2-4-22(18)25)7-8-24-27(26)33-29(38-12-11-35-10-9-31-17-35)34-28(24)36-15-19-5-6-20(16-36)32-19/h1-4,7-10,13-14,17,19-20,32,37H,5-6,11-12,15-16H2. The summed E-state index contributed by atoms with van der Waals surface area (Å²) < 4.78 is 24.2. The van der Waals surface area contributed by atoms with Crippen LogP contribution in [0.15, 0.2) is 67.3 Å². The zero-order chi connectivity index (χ0) is 25.6. The van der Waals surface area contributed by atoms with Crippen LogP contribution in [0.1, 0.15) is 12.8 Å². The highest BCUT2D eigenvalue weighted by Crippen LogP contribution is 2.38. The summed E-state index contributed by atoms with van der Waals surface area (Å²) in [5.41, 5.74) is 1.20. The lowest BCUT2D eigenvalue weighted by Crippen LogP contribution is -2.51. The van der Waals surface area contributed by atoms with Gasteiger partial charge in [0.1, 0.15) is 23.7 Å². The predicted octanol–water partition coefficient (Wildman–Crippen LogP) is 4.51. The maximum absolute atomic E-state index is 16.4. The molecule has 2 fully saturated rings. The number of aromatic hydroxyl groups is 1. The Kier molecular flexibility index (Phi) is 5.58. The van der Waals surface area contributed by atoms with E-state index in [0.29, 0.717) is 47.6 Å². The van der Waals surface area contributed by atoms with Crippen LogP contribution in [0.25, 0.3) is 32.8 Å². The molecule has 0 amide bonds. The minimum atomic E-state index is -0.459. The zero-order valence-electron chi connectivity index (χ0n) is 20.7. The fraction of sp³-hybridized carbons (Fsp3) is 0.276. The minimum absolute atomic E-state index is 0.0846. The van der Waals surface area contributed by atoms with Gasteiger partial charge in [-0.05, 0) is 47.4 Å². The predicted molar refractivity (Wildman–Crippen MR) is 144 cm³/mol. The Morgan fingerprint density at radius 1 is 1.00 bits per heavy atom. The molecule has 2 unspecified atom stereocenters. The molecule has 0 aliphatic carbocycles. The van der Waals surface area contributed by atoms with Gasteiger partial charge in [-0.1, -0.05) is 30.3 Å². The zero-order valence-corrected chi connectivity index (χ0v) is 20.7. The molecule has 38 heavy (non-hydrogen) atoms. The van der Waals surface area contributed by atoms with Gasteiger partial charge in [0.25, 0.3) is 0 Å². The number of aromatic nitrogens is 4. The van der Waals surface area contributed by atoms with Gasteiger partial charge in [0.15, 0.2) is 5.82 Å². The molecule has 4 heterocycles. The molecule has 2 bridgehead atoms. The highest BCUT2D eigenvalue weighted by molar-refractivity contribution is 6.01. The molecule has 0 spiro atoms. The first kappa shape index (κ1) is 22.9. The minimum Gasteiger partial charge on any atom is -0.508 e. The number of rotatable bonds is 6. The second-order valence-electron chi connectivity index (χ2n) is 10.1. The first-order valence-electron chi connectivity index (χ1n) is 12.9. The fourth-order valence-electron chi connectivity index (χ4n) is 5.79. The lowest BCUT2D eigenvalue weighted by Gasteiger charge is -2.34. The Bertz CT molecular complexity index is 1630. The van der Waals surface area contributed by atoms with Gasteiger partial charge in [0, 0.05) is 48.5 Å². The first-order chi connectivity index (χ1) is 18.6. The van der Waals surface area contributed by atoms with Crippen molar-refractivity contribution in [3.63, 3.8) is 0 Å². The summed E-state index contributed by atoms with van der Waals surface area (Å²) in [6.07, 6.45) is 7.55. The first-order valence-corrected chi connectivity index (χ1v) is 12.9. The van der Waals surface area contributed by atoms with E-state index in [4.69, 9.17) is 9.72 Å². The van der Waals surface area contributed by atoms with E-state index in [2.05, 4.69) is 20.2 Å². The van der Waals surface area contributed by atoms with Crippen LogP contribution in [0.4, 0.5) is 10.2 Å². The van der Waals surface area contributed by atoms with Gasteiger partial charge in [0.2, 0.25) is 0 Å². The van der Waals surface area contributed by atoms with Gasteiger partial charge in [-0.3, -0.25) is 0 Å². The van der Waals surface area contributed by atoms with Crippen molar-refractivity contribution >= 4 is 27.5 Å². The maximum Gasteiger partial charge on any atom is 0.319 e. The van der Waals surface area contributed by atoms with Crippen LogP contribution in [-0.4, -0.2) is 56.4 Å². The molecular weight excluding hydrogens is 483 g/mol. The van der Waals surface area contributed by atoms with Crippen LogP contribution in [0, 0.1) is 5.82 Å². The van der Waals surface area contributed by atoms with E-state index in [1.54, 1.807) is 30.7 Å². The molecule has 2 aromatic heterocycles. The Labute approximate surface area is 218 Å². The number of ether oxygens (including phenoxy) is 1. The number of hydrogen-bond donors (Lipinski definition) is 2. The molecule has 3 aromatic carbocycles. The topological polar surface area (TPSA) is 88.3 Å². The van der Waals surface area contributed by atoms with E-state index < -0.39 is 5.82 Å². The average Bonchev–Trinajstić information content (AvgIpc) is 3.57. The molecule has 7 rings (SSSR count). The van der Waals surface area contributed by atoms with Crippen LogP contribution in [0.3, 0.4) is 0 Å². The summed E-state index contributed by atoms with van der Waals surface area (Å²) in [6, 6.07) is 15.5. The third-order valence-electron chi connectivity index (χ3n) is 7.56. The van der Waals surface area contributed by atoms with Gasteiger partial charge in [0.05, 0.1) is 12.9 Å². The van der Waals surface area contributed by atoms with Crippen molar-refractivity contribution in [3.8, 4) is 22.9 Å². The normalized spacial score (nSPS) is 18.9. The smallest absolute Gasteiger partial charge is 0.319 e. The Morgan fingerprint density at radius 2 is 1.84 bits per heavy atom. The largest absolute Gasteiger partial charge is 0.508 e. The number of nitrogens with one attached hydrogen (secondary N) is 1. The second-order valence-corrected chi connectivity index (χ2v) is 10.1. The molecule has 0 saturated carbocycles. The van der Waals surface area contributed by atoms with Gasteiger partial charge in [-0.25, -0.2) is 9.37 Å². The SMILES string of the molecule is Oc1cc(-c2ccc3c(N4CC5CCC(C4)N5)nc(OCCn4ccnc4)nc3c2F)c2ccccc2c1. The van der Waals surface area contributed by atoms with Crippen LogP contribution in [-0.2, 0) is 6.54 Å². The Morgan fingerprint density at radius 3 is 2.66 bits per heavy atom. The van der Waals surface area contributed by atoms with Crippen molar-refractivity contribution in [2.45, 2.75) is 31.5 Å². The Balaban J connectivity index is 1.34. The van der Waals surface area contributed by atoms with Crippen LogP contribution >= 0.6 is 0 Å². The Hall–Kier alpha value is -4.24. The molecule has 2 aliphatic heterocycles. The van der Waals surface area contributed by atoms with Crippen LogP contribution in [0.2, 0.25) is 0 Å². The molecule has 8 nitrogen and oxygen atoms in total. The molecule has 5 aromatic rings. The van der Waals surface area contributed by atoms with Crippen molar-refractivity contribution < 1.29 is 14.2 Å². The van der Waals surface area contributed by atoms with Gasteiger partial charge in [-0.15, -0.1) is 0 Å². The number of piperazine rings is 1. The van der Waals surface area contributed by atoms with Crippen molar-refractivity contribution in [2.24, 2.45) is 0 Å². The molecular formula is C29H27FN6O2. The molecule has 2 N–H and O–H groups in total. The second kappa shape index (κ2) is 9.25. The third kappa shape index (κ3) is 4.09. The molecule has 9 heteroatoms. The maximum atomic E-state index is 16.4. The summed E-state index contributed by atoms with van der Waals surface area (Å²) >= 11 is 0.